The summed E-state index contributed by atoms with van der Waals surface area (Å²) in [6.45, 7) is 8.16. The number of carbonyl (C=O) groups excluding carboxylic acids is 2. The first-order valence-corrected chi connectivity index (χ1v) is 12.4. The first kappa shape index (κ1) is 26.1. The van der Waals surface area contributed by atoms with Crippen LogP contribution in [0.5, 0.6) is 0 Å². The number of hydrogen-bond donors (Lipinski definition) is 1. The van der Waals surface area contributed by atoms with E-state index in [2.05, 4.69) is 31.8 Å². The molecule has 4 rings (SSSR count). The summed E-state index contributed by atoms with van der Waals surface area (Å²) in [4.78, 5) is 30.0. The minimum atomic E-state index is -1.98. The van der Waals surface area contributed by atoms with Gasteiger partial charge >= 0.3 is 11.9 Å². The Morgan fingerprint density at radius 2 is 2.08 bits per heavy atom. The lowest BCUT2D eigenvalue weighted by Gasteiger charge is -2.41. The molecular weight excluding hydrogens is 460 g/mol. The normalized spacial score (nSPS) is 35.3. The van der Waals surface area contributed by atoms with E-state index in [0.717, 1.165) is 6.42 Å². The van der Waals surface area contributed by atoms with Crippen molar-refractivity contribution in [3.8, 4) is 0 Å². The highest BCUT2D eigenvalue weighted by Crippen LogP contribution is 2.49. The molecular formula is C28H36N2O6. The summed E-state index contributed by atoms with van der Waals surface area (Å²) >= 11 is 0. The number of allylic oxidation sites excluding steroid dienone is 3. The number of ether oxygens (including phenoxy) is 3. The van der Waals surface area contributed by atoms with Gasteiger partial charge in [-0.3, -0.25) is 0 Å². The number of carbonyl (C=O) groups is 2. The lowest BCUT2D eigenvalue weighted by atomic mass is 9.65. The number of nitrogens with zero attached hydrogens (tertiary/aromatic N) is 2. The third-order valence-electron chi connectivity index (χ3n) is 7.76. The van der Waals surface area contributed by atoms with Crippen LogP contribution in [0.2, 0.25) is 0 Å². The van der Waals surface area contributed by atoms with Gasteiger partial charge in [0.25, 0.3) is 0 Å². The van der Waals surface area contributed by atoms with Gasteiger partial charge in [-0.05, 0) is 68.6 Å². The molecule has 2 aliphatic heterocycles. The van der Waals surface area contributed by atoms with Crippen LogP contribution in [-0.4, -0.2) is 51.2 Å². The molecule has 0 amide bonds. The van der Waals surface area contributed by atoms with Crippen LogP contribution in [0.25, 0.3) is 6.08 Å². The highest BCUT2D eigenvalue weighted by atomic mass is 16.7. The van der Waals surface area contributed by atoms with Crippen molar-refractivity contribution >= 4 is 18.0 Å². The van der Waals surface area contributed by atoms with Crippen LogP contribution < -0.4 is 0 Å². The van der Waals surface area contributed by atoms with E-state index in [1.165, 1.54) is 24.8 Å². The van der Waals surface area contributed by atoms with Gasteiger partial charge in [0.15, 0.2) is 0 Å². The van der Waals surface area contributed by atoms with Gasteiger partial charge in [0, 0.05) is 19.3 Å². The van der Waals surface area contributed by atoms with E-state index in [0.29, 0.717) is 18.0 Å². The Morgan fingerprint density at radius 3 is 2.72 bits per heavy atom. The molecule has 8 heteroatoms. The summed E-state index contributed by atoms with van der Waals surface area (Å²) in [5.74, 6) is -2.68. The molecule has 1 N–H and O–H groups in total. The van der Waals surface area contributed by atoms with Crippen molar-refractivity contribution in [3.05, 3.63) is 59.7 Å². The molecule has 1 aromatic rings. The number of imidazole rings is 1. The van der Waals surface area contributed by atoms with Gasteiger partial charge in [0.1, 0.15) is 11.7 Å². The SMILES string of the molecule is COC(=O)/C1=C/C2C(CC(OC(=O)/C=C/c3cn(C)cn3)C3(C)C=CC1(O)O3)C(C)=CCC2C(C)C. The Hall–Kier alpha value is -2.97. The number of fused-ring (bicyclic) bond motifs is 3. The molecule has 6 unspecified atom stereocenters. The Labute approximate surface area is 212 Å². The molecule has 0 saturated carbocycles. The van der Waals surface area contributed by atoms with Crippen molar-refractivity contribution in [1.82, 2.24) is 9.55 Å². The summed E-state index contributed by atoms with van der Waals surface area (Å²) < 4.78 is 19.0. The Bertz CT molecular complexity index is 1140. The number of aliphatic hydroxyl groups is 1. The fourth-order valence-electron chi connectivity index (χ4n) is 5.65. The van der Waals surface area contributed by atoms with Crippen LogP contribution in [0.15, 0.2) is 54.1 Å². The molecule has 0 saturated heterocycles. The van der Waals surface area contributed by atoms with Gasteiger partial charge < -0.3 is 23.9 Å². The van der Waals surface area contributed by atoms with E-state index in [4.69, 9.17) is 14.2 Å². The van der Waals surface area contributed by atoms with Crippen LogP contribution in [0.3, 0.4) is 0 Å². The zero-order chi connectivity index (χ0) is 26.3. The fourth-order valence-corrected chi connectivity index (χ4v) is 5.65. The standard InChI is InChI=1S/C28H36N2O6/c1-17(2)20-9-7-18(3)21-14-24(35-25(31)10-8-19-15-30(5)16-29-19)27(4)11-12-28(33,36-27)23(13-22(20)21)26(32)34-6/h7-8,10-13,15-17,20-22,24,33H,9,14H2,1-6H3/b10-8+,23-13-. The second-order valence-corrected chi connectivity index (χ2v) is 10.6. The Morgan fingerprint density at radius 1 is 1.33 bits per heavy atom. The van der Waals surface area contributed by atoms with E-state index < -0.39 is 29.4 Å². The molecule has 6 atom stereocenters. The van der Waals surface area contributed by atoms with Crippen LogP contribution in [0.4, 0.5) is 0 Å². The minimum Gasteiger partial charge on any atom is -0.466 e. The molecule has 36 heavy (non-hydrogen) atoms. The van der Waals surface area contributed by atoms with E-state index >= 15 is 0 Å². The summed E-state index contributed by atoms with van der Waals surface area (Å²) in [7, 11) is 3.14. The quantitative estimate of drug-likeness (QED) is 0.377. The van der Waals surface area contributed by atoms with Gasteiger partial charge in [0.2, 0.25) is 5.79 Å². The van der Waals surface area contributed by atoms with Gasteiger partial charge in [0.05, 0.1) is 24.7 Å². The van der Waals surface area contributed by atoms with Crippen molar-refractivity contribution in [3.63, 3.8) is 0 Å². The van der Waals surface area contributed by atoms with Gasteiger partial charge in [-0.25, -0.2) is 14.6 Å². The molecule has 0 spiro atoms. The summed E-state index contributed by atoms with van der Waals surface area (Å²) in [6.07, 6.45) is 14.2. The number of rotatable bonds is 5. The number of esters is 2. The maximum atomic E-state index is 12.9. The molecule has 0 fully saturated rings. The smallest absolute Gasteiger partial charge is 0.339 e. The summed E-state index contributed by atoms with van der Waals surface area (Å²) in [5, 5.41) is 11.5. The average molecular weight is 497 g/mol. The molecule has 3 aliphatic rings. The molecule has 3 heterocycles. The van der Waals surface area contributed by atoms with Crippen LogP contribution in [0, 0.1) is 23.7 Å². The molecule has 0 radical (unpaired) electrons. The monoisotopic (exact) mass is 496 g/mol. The maximum Gasteiger partial charge on any atom is 0.339 e. The van der Waals surface area contributed by atoms with Crippen molar-refractivity contribution in [2.24, 2.45) is 30.7 Å². The molecule has 8 nitrogen and oxygen atoms in total. The lowest BCUT2D eigenvalue weighted by Crippen LogP contribution is -2.47. The molecule has 2 bridgehead atoms. The number of aromatic nitrogens is 2. The van der Waals surface area contributed by atoms with Crippen LogP contribution in [-0.2, 0) is 30.8 Å². The average Bonchev–Trinajstić information content (AvgIpc) is 3.39. The second-order valence-electron chi connectivity index (χ2n) is 10.6. The molecule has 0 aromatic carbocycles. The van der Waals surface area contributed by atoms with E-state index in [-0.39, 0.29) is 23.3 Å². The highest BCUT2D eigenvalue weighted by molar-refractivity contribution is 5.91. The molecule has 1 aliphatic carbocycles. The topological polar surface area (TPSA) is 99.9 Å². The molecule has 1 aromatic heterocycles. The van der Waals surface area contributed by atoms with E-state index in [1.807, 2.05) is 13.1 Å². The van der Waals surface area contributed by atoms with Gasteiger partial charge in [-0.1, -0.05) is 31.6 Å². The maximum absolute atomic E-state index is 12.9. The Kier molecular flexibility index (Phi) is 7.12. The predicted molar refractivity (Wildman–Crippen MR) is 134 cm³/mol. The van der Waals surface area contributed by atoms with E-state index in [9.17, 15) is 14.7 Å². The van der Waals surface area contributed by atoms with Crippen molar-refractivity contribution in [2.75, 3.05) is 7.11 Å². The first-order chi connectivity index (χ1) is 17.0. The van der Waals surface area contributed by atoms with Gasteiger partial charge in [-0.2, -0.15) is 0 Å². The number of hydrogen-bond acceptors (Lipinski definition) is 7. The predicted octanol–water partition coefficient (Wildman–Crippen LogP) is 3.74. The first-order valence-electron chi connectivity index (χ1n) is 12.4. The van der Waals surface area contributed by atoms with Crippen LogP contribution >= 0.6 is 0 Å². The minimum absolute atomic E-state index is 0.0137. The number of aryl methyl sites for hydroxylation is 1. The third kappa shape index (κ3) is 4.97. The van der Waals surface area contributed by atoms with E-state index in [1.54, 1.807) is 36.2 Å². The third-order valence-corrected chi connectivity index (χ3v) is 7.76. The van der Waals surface area contributed by atoms with Gasteiger partial charge in [-0.15, -0.1) is 0 Å². The van der Waals surface area contributed by atoms with Crippen LogP contribution in [0.1, 0.15) is 46.2 Å². The zero-order valence-corrected chi connectivity index (χ0v) is 21.8. The van der Waals surface area contributed by atoms with Crippen molar-refractivity contribution in [1.29, 1.82) is 0 Å². The summed E-state index contributed by atoms with van der Waals surface area (Å²) in [6, 6.07) is 0. The Balaban J connectivity index is 1.73. The fraction of sp³-hybridized carbons (Fsp3) is 0.536. The zero-order valence-electron chi connectivity index (χ0n) is 21.8. The highest BCUT2D eigenvalue weighted by Gasteiger charge is 2.54. The van der Waals surface area contributed by atoms with Crippen molar-refractivity contribution in [2.45, 2.75) is 58.0 Å². The largest absolute Gasteiger partial charge is 0.466 e. The lowest BCUT2D eigenvalue weighted by molar-refractivity contribution is -0.216. The summed E-state index contributed by atoms with van der Waals surface area (Å²) in [5.41, 5.74) is 0.706. The van der Waals surface area contributed by atoms with Crippen molar-refractivity contribution < 1.29 is 28.9 Å². The molecule has 194 valence electrons. The number of methoxy groups -OCH3 is 1. The second kappa shape index (κ2) is 9.82.